The predicted molar refractivity (Wildman–Crippen MR) is 104 cm³/mol. The summed E-state index contributed by atoms with van der Waals surface area (Å²) in [6.45, 7) is 4.36. The quantitative estimate of drug-likeness (QED) is 0.840. The summed E-state index contributed by atoms with van der Waals surface area (Å²) in [4.78, 5) is 44.1. The van der Waals surface area contributed by atoms with Crippen LogP contribution in [0.1, 0.15) is 31.2 Å². The Balaban J connectivity index is 1.31. The largest absolute Gasteiger partial charge is 0.381 e. The topological polar surface area (TPSA) is 82.7 Å². The van der Waals surface area contributed by atoms with Crippen molar-refractivity contribution in [3.63, 3.8) is 0 Å². The number of nitrogens with zero attached hydrogens (tertiary/aromatic N) is 2. The minimum Gasteiger partial charge on any atom is -0.381 e. The number of carbonyl (C=O) groups excluding carboxylic acids is 2. The molecule has 1 aromatic heterocycles. The van der Waals surface area contributed by atoms with E-state index in [4.69, 9.17) is 4.74 Å². The first-order valence-electron chi connectivity index (χ1n) is 10.4. The number of likely N-dealkylation sites (tertiary alicyclic amines) is 2. The molecule has 3 aliphatic rings. The normalized spacial score (nSPS) is 27.9. The SMILES string of the molecule is O=C(Cc1c[nH]ccc1=O)N1C[C@H]2CCN(C(=O)C3CCCOC3)CC[C@H]2C1. The first-order valence-corrected chi connectivity index (χ1v) is 10.4. The molecule has 0 spiro atoms. The Hall–Kier alpha value is -2.15. The van der Waals surface area contributed by atoms with Crippen molar-refractivity contribution >= 4 is 11.8 Å². The summed E-state index contributed by atoms with van der Waals surface area (Å²) in [5.41, 5.74) is 0.424. The summed E-state index contributed by atoms with van der Waals surface area (Å²) in [7, 11) is 0. The van der Waals surface area contributed by atoms with E-state index in [1.54, 1.807) is 12.4 Å². The van der Waals surface area contributed by atoms with Gasteiger partial charge in [0, 0.05) is 56.8 Å². The Morgan fingerprint density at radius 3 is 2.50 bits per heavy atom. The van der Waals surface area contributed by atoms with Gasteiger partial charge < -0.3 is 19.5 Å². The van der Waals surface area contributed by atoms with Gasteiger partial charge >= 0.3 is 0 Å². The van der Waals surface area contributed by atoms with Gasteiger partial charge in [-0.25, -0.2) is 0 Å². The van der Waals surface area contributed by atoms with Crippen molar-refractivity contribution in [3.05, 3.63) is 34.2 Å². The summed E-state index contributed by atoms with van der Waals surface area (Å²) in [6.07, 6.45) is 7.14. The number of pyridine rings is 1. The molecule has 3 saturated heterocycles. The van der Waals surface area contributed by atoms with Gasteiger partial charge in [0.25, 0.3) is 0 Å². The lowest BCUT2D eigenvalue weighted by Crippen LogP contribution is -2.40. The Morgan fingerprint density at radius 2 is 1.86 bits per heavy atom. The molecule has 3 atom stereocenters. The average molecular weight is 387 g/mol. The summed E-state index contributed by atoms with van der Waals surface area (Å²) < 4.78 is 5.48. The highest BCUT2D eigenvalue weighted by atomic mass is 16.5. The Labute approximate surface area is 165 Å². The molecular formula is C21H29N3O4. The van der Waals surface area contributed by atoms with Crippen LogP contribution >= 0.6 is 0 Å². The number of aromatic amines is 1. The molecule has 152 valence electrons. The lowest BCUT2D eigenvalue weighted by Gasteiger charge is -2.29. The summed E-state index contributed by atoms with van der Waals surface area (Å²) >= 11 is 0. The number of hydrogen-bond donors (Lipinski definition) is 1. The number of hydrogen-bond acceptors (Lipinski definition) is 4. The summed E-state index contributed by atoms with van der Waals surface area (Å²) in [6, 6.07) is 1.46. The molecule has 0 saturated carbocycles. The van der Waals surface area contributed by atoms with E-state index in [0.29, 0.717) is 24.0 Å². The van der Waals surface area contributed by atoms with Crippen molar-refractivity contribution in [2.24, 2.45) is 17.8 Å². The fourth-order valence-corrected chi connectivity index (χ4v) is 4.83. The van der Waals surface area contributed by atoms with E-state index in [9.17, 15) is 14.4 Å². The number of fused-ring (bicyclic) bond motifs is 1. The molecular weight excluding hydrogens is 358 g/mol. The number of aromatic nitrogens is 1. The number of rotatable bonds is 3. The van der Waals surface area contributed by atoms with Gasteiger partial charge in [0.15, 0.2) is 5.43 Å². The number of amides is 2. The molecule has 3 fully saturated rings. The average Bonchev–Trinajstić information content (AvgIpc) is 3.03. The van der Waals surface area contributed by atoms with Gasteiger partial charge in [0.2, 0.25) is 11.8 Å². The molecule has 1 aromatic rings. The summed E-state index contributed by atoms with van der Waals surface area (Å²) in [5.74, 6) is 1.18. The zero-order valence-corrected chi connectivity index (χ0v) is 16.3. The van der Waals surface area contributed by atoms with E-state index in [1.807, 2.05) is 9.80 Å². The van der Waals surface area contributed by atoms with Crippen molar-refractivity contribution in [1.29, 1.82) is 0 Å². The van der Waals surface area contributed by atoms with Crippen molar-refractivity contribution in [1.82, 2.24) is 14.8 Å². The van der Waals surface area contributed by atoms with Crippen LogP contribution in [-0.2, 0) is 20.7 Å². The van der Waals surface area contributed by atoms with Crippen LogP contribution < -0.4 is 5.43 Å². The maximum absolute atomic E-state index is 12.8. The van der Waals surface area contributed by atoms with Crippen molar-refractivity contribution in [2.45, 2.75) is 32.1 Å². The van der Waals surface area contributed by atoms with Crippen molar-refractivity contribution < 1.29 is 14.3 Å². The number of nitrogens with one attached hydrogen (secondary N) is 1. The van der Waals surface area contributed by atoms with Gasteiger partial charge in [-0.3, -0.25) is 14.4 Å². The van der Waals surface area contributed by atoms with Crippen LogP contribution in [0, 0.1) is 17.8 Å². The first kappa shape index (κ1) is 19.2. The Kier molecular flexibility index (Phi) is 5.80. The van der Waals surface area contributed by atoms with E-state index in [-0.39, 0.29) is 29.6 Å². The van der Waals surface area contributed by atoms with Gasteiger partial charge in [0.05, 0.1) is 18.9 Å². The van der Waals surface area contributed by atoms with Gasteiger partial charge in [0.1, 0.15) is 0 Å². The molecule has 0 radical (unpaired) electrons. The second kappa shape index (κ2) is 8.47. The number of ether oxygens (including phenoxy) is 1. The van der Waals surface area contributed by atoms with Crippen molar-refractivity contribution in [3.8, 4) is 0 Å². The maximum atomic E-state index is 12.8. The lowest BCUT2D eigenvalue weighted by atomic mass is 9.92. The van der Waals surface area contributed by atoms with E-state index in [1.165, 1.54) is 6.07 Å². The molecule has 28 heavy (non-hydrogen) atoms. The van der Waals surface area contributed by atoms with E-state index in [0.717, 1.165) is 58.5 Å². The fraction of sp³-hybridized carbons (Fsp3) is 0.667. The molecule has 1 unspecified atom stereocenters. The van der Waals surface area contributed by atoms with Crippen molar-refractivity contribution in [2.75, 3.05) is 39.4 Å². The van der Waals surface area contributed by atoms with Crippen LogP contribution in [0.25, 0.3) is 0 Å². The minimum absolute atomic E-state index is 0.0220. The van der Waals surface area contributed by atoms with Crippen LogP contribution in [-0.4, -0.2) is 66.0 Å². The number of H-pyrrole nitrogens is 1. The molecule has 3 aliphatic heterocycles. The van der Waals surface area contributed by atoms with E-state index >= 15 is 0 Å². The standard InChI is InChI=1S/C21H29N3O4/c25-19-3-6-22-11-18(19)10-20(26)24-12-15-4-7-23(8-5-16(15)13-24)21(27)17-2-1-9-28-14-17/h3,6,11,15-17H,1-2,4-5,7-10,12-14H2,(H,22,25)/t15-,16+,17?. The Morgan fingerprint density at radius 1 is 1.11 bits per heavy atom. The molecule has 0 bridgehead atoms. The summed E-state index contributed by atoms with van der Waals surface area (Å²) in [5, 5.41) is 0. The molecule has 0 aromatic carbocycles. The van der Waals surface area contributed by atoms with Crippen LogP contribution in [0.3, 0.4) is 0 Å². The monoisotopic (exact) mass is 387 g/mol. The molecule has 4 heterocycles. The lowest BCUT2D eigenvalue weighted by molar-refractivity contribution is -0.140. The van der Waals surface area contributed by atoms with E-state index in [2.05, 4.69) is 4.98 Å². The zero-order valence-electron chi connectivity index (χ0n) is 16.3. The van der Waals surface area contributed by atoms with Crippen LogP contribution in [0.5, 0.6) is 0 Å². The van der Waals surface area contributed by atoms with Gasteiger partial charge in [-0.1, -0.05) is 0 Å². The first-order chi connectivity index (χ1) is 13.6. The van der Waals surface area contributed by atoms with Gasteiger partial charge in [-0.05, 0) is 37.5 Å². The second-order valence-corrected chi connectivity index (χ2v) is 8.35. The van der Waals surface area contributed by atoms with Crippen LogP contribution in [0.4, 0.5) is 0 Å². The molecule has 7 nitrogen and oxygen atoms in total. The molecule has 0 aliphatic carbocycles. The van der Waals surface area contributed by atoms with Gasteiger partial charge in [-0.2, -0.15) is 0 Å². The third-order valence-electron chi connectivity index (χ3n) is 6.54. The molecule has 1 N–H and O–H groups in total. The fourth-order valence-electron chi connectivity index (χ4n) is 4.83. The Bertz CT molecular complexity index is 755. The van der Waals surface area contributed by atoms with Crippen LogP contribution in [0.15, 0.2) is 23.3 Å². The highest BCUT2D eigenvalue weighted by Crippen LogP contribution is 2.32. The minimum atomic E-state index is -0.0960. The highest BCUT2D eigenvalue weighted by molar-refractivity contribution is 5.79. The van der Waals surface area contributed by atoms with Crippen LogP contribution in [0.2, 0.25) is 0 Å². The highest BCUT2D eigenvalue weighted by Gasteiger charge is 2.38. The predicted octanol–water partition coefficient (Wildman–Crippen LogP) is 1.04. The maximum Gasteiger partial charge on any atom is 0.228 e. The van der Waals surface area contributed by atoms with E-state index < -0.39 is 0 Å². The smallest absolute Gasteiger partial charge is 0.228 e. The van der Waals surface area contributed by atoms with Gasteiger partial charge in [-0.15, -0.1) is 0 Å². The third kappa shape index (κ3) is 4.14. The zero-order chi connectivity index (χ0) is 19.5. The molecule has 2 amide bonds. The third-order valence-corrected chi connectivity index (χ3v) is 6.54. The molecule has 4 rings (SSSR count). The number of carbonyl (C=O) groups is 2. The second-order valence-electron chi connectivity index (χ2n) is 8.35. The molecule has 7 heteroatoms.